The number of carboxylic acid groups (broad SMARTS) is 1. The lowest BCUT2D eigenvalue weighted by atomic mass is 10.00. The van der Waals surface area contributed by atoms with Gasteiger partial charge >= 0.3 is 5.97 Å². The van der Waals surface area contributed by atoms with E-state index in [4.69, 9.17) is 9.84 Å². The number of hydrogen-bond donors (Lipinski definition) is 2. The third-order valence-corrected chi connectivity index (χ3v) is 2.84. The van der Waals surface area contributed by atoms with Gasteiger partial charge in [0.05, 0.1) is 7.11 Å². The van der Waals surface area contributed by atoms with Crippen molar-refractivity contribution in [3.63, 3.8) is 0 Å². The van der Waals surface area contributed by atoms with Crippen LogP contribution in [0.2, 0.25) is 0 Å². The summed E-state index contributed by atoms with van der Waals surface area (Å²) >= 11 is 0. The van der Waals surface area contributed by atoms with E-state index in [0.29, 0.717) is 5.92 Å². The van der Waals surface area contributed by atoms with Crippen molar-refractivity contribution < 1.29 is 14.6 Å². The fourth-order valence-corrected chi connectivity index (χ4v) is 1.99. The summed E-state index contributed by atoms with van der Waals surface area (Å²) in [7, 11) is 1.61. The van der Waals surface area contributed by atoms with Crippen molar-refractivity contribution >= 4 is 16.9 Å². The van der Waals surface area contributed by atoms with Gasteiger partial charge < -0.3 is 14.8 Å². The van der Waals surface area contributed by atoms with Gasteiger partial charge in [0.1, 0.15) is 11.4 Å². The molecule has 0 fully saturated rings. The van der Waals surface area contributed by atoms with Gasteiger partial charge in [-0.15, -0.1) is 0 Å². The summed E-state index contributed by atoms with van der Waals surface area (Å²) < 4.78 is 5.40. The van der Waals surface area contributed by atoms with Crippen LogP contribution in [0.4, 0.5) is 0 Å². The maximum Gasteiger partial charge on any atom is 0.352 e. The lowest BCUT2D eigenvalue weighted by molar-refractivity contribution is 0.0691. The van der Waals surface area contributed by atoms with Gasteiger partial charge in [-0.25, -0.2) is 4.79 Å². The monoisotopic (exact) mass is 233 g/mol. The highest BCUT2D eigenvalue weighted by Gasteiger charge is 2.15. The lowest BCUT2D eigenvalue weighted by Crippen LogP contribution is -1.94. The smallest absolute Gasteiger partial charge is 0.352 e. The molecule has 0 aliphatic carbocycles. The molecule has 0 aliphatic heterocycles. The Labute approximate surface area is 99.2 Å². The van der Waals surface area contributed by atoms with Crippen LogP contribution in [-0.4, -0.2) is 23.2 Å². The second-order valence-corrected chi connectivity index (χ2v) is 4.29. The van der Waals surface area contributed by atoms with Crippen LogP contribution in [0.1, 0.15) is 35.8 Å². The Morgan fingerprint density at radius 1 is 1.41 bits per heavy atom. The van der Waals surface area contributed by atoms with Crippen LogP contribution in [0, 0.1) is 0 Å². The maximum atomic E-state index is 10.9. The van der Waals surface area contributed by atoms with Crippen molar-refractivity contribution in [2.75, 3.05) is 7.11 Å². The number of carboxylic acids is 1. The van der Waals surface area contributed by atoms with E-state index in [-0.39, 0.29) is 5.69 Å². The van der Waals surface area contributed by atoms with Crippen molar-refractivity contribution in [3.05, 3.63) is 29.5 Å². The van der Waals surface area contributed by atoms with Gasteiger partial charge in [0.25, 0.3) is 0 Å². The Kier molecular flexibility index (Phi) is 2.79. The zero-order valence-corrected chi connectivity index (χ0v) is 10.1. The summed E-state index contributed by atoms with van der Waals surface area (Å²) in [5.74, 6) is 0.119. The molecule has 2 aromatic rings. The van der Waals surface area contributed by atoms with Gasteiger partial charge in [0, 0.05) is 10.9 Å². The Hall–Kier alpha value is -1.97. The number of nitrogens with one attached hydrogen (secondary N) is 1. The van der Waals surface area contributed by atoms with Gasteiger partial charge in [-0.2, -0.15) is 0 Å². The number of aromatic nitrogens is 1. The van der Waals surface area contributed by atoms with Crippen molar-refractivity contribution in [1.29, 1.82) is 0 Å². The zero-order valence-electron chi connectivity index (χ0n) is 10.1. The number of ether oxygens (including phenoxy) is 1. The average Bonchev–Trinajstić information content (AvgIpc) is 2.70. The first kappa shape index (κ1) is 11.5. The number of carbonyl (C=O) groups is 1. The molecule has 0 bridgehead atoms. The number of aromatic carboxylic acids is 1. The number of fused-ring (bicyclic) bond motifs is 1. The van der Waals surface area contributed by atoms with Gasteiger partial charge in [-0.3, -0.25) is 0 Å². The summed E-state index contributed by atoms with van der Waals surface area (Å²) in [6.45, 7) is 4.16. The van der Waals surface area contributed by atoms with Gasteiger partial charge in [-0.1, -0.05) is 19.9 Å². The lowest BCUT2D eigenvalue weighted by Gasteiger charge is -2.12. The molecule has 0 amide bonds. The van der Waals surface area contributed by atoms with Crippen LogP contribution in [-0.2, 0) is 0 Å². The summed E-state index contributed by atoms with van der Waals surface area (Å²) in [5.41, 5.74) is 2.04. The molecule has 1 aromatic carbocycles. The van der Waals surface area contributed by atoms with Crippen molar-refractivity contribution in [2.24, 2.45) is 0 Å². The molecule has 2 N–H and O–H groups in total. The molecular weight excluding hydrogens is 218 g/mol. The number of methoxy groups -OCH3 is 1. The Morgan fingerprint density at radius 2 is 2.12 bits per heavy atom. The Morgan fingerprint density at radius 3 is 2.65 bits per heavy atom. The first-order valence-corrected chi connectivity index (χ1v) is 5.47. The minimum atomic E-state index is -0.964. The van der Waals surface area contributed by atoms with E-state index in [1.165, 1.54) is 0 Å². The minimum Gasteiger partial charge on any atom is -0.496 e. The summed E-state index contributed by atoms with van der Waals surface area (Å²) in [6, 6.07) is 5.47. The van der Waals surface area contributed by atoms with Crippen LogP contribution in [0.25, 0.3) is 10.9 Å². The predicted molar refractivity (Wildman–Crippen MR) is 65.9 cm³/mol. The third-order valence-electron chi connectivity index (χ3n) is 2.84. The van der Waals surface area contributed by atoms with E-state index >= 15 is 0 Å². The molecule has 0 aliphatic rings. The molecule has 0 saturated heterocycles. The van der Waals surface area contributed by atoms with Crippen molar-refractivity contribution in [1.82, 2.24) is 4.98 Å². The van der Waals surface area contributed by atoms with E-state index in [9.17, 15) is 4.79 Å². The first-order valence-electron chi connectivity index (χ1n) is 5.47. The molecule has 90 valence electrons. The standard InChI is InChI=1S/C13H15NO3/c1-7(2)8-4-5-10-9(12(8)17-3)6-11(14-10)13(15)16/h4-7,14H,1-3H3,(H,15,16). The first-order chi connectivity index (χ1) is 8.04. The number of aromatic amines is 1. The molecule has 2 rings (SSSR count). The molecule has 1 heterocycles. The molecule has 17 heavy (non-hydrogen) atoms. The molecule has 0 radical (unpaired) electrons. The third kappa shape index (κ3) is 1.86. The highest BCUT2D eigenvalue weighted by molar-refractivity contribution is 5.96. The fraction of sp³-hybridized carbons (Fsp3) is 0.308. The molecule has 0 unspecified atom stereocenters. The Balaban J connectivity index is 2.72. The Bertz CT molecular complexity index is 569. The normalized spacial score (nSPS) is 11.1. The maximum absolute atomic E-state index is 10.9. The summed E-state index contributed by atoms with van der Waals surface area (Å²) in [6.07, 6.45) is 0. The van der Waals surface area contributed by atoms with Crippen LogP contribution < -0.4 is 4.74 Å². The average molecular weight is 233 g/mol. The van der Waals surface area contributed by atoms with Gasteiger partial charge in [0.15, 0.2) is 0 Å². The molecule has 1 aromatic heterocycles. The molecule has 4 nitrogen and oxygen atoms in total. The predicted octanol–water partition coefficient (Wildman–Crippen LogP) is 3.00. The largest absolute Gasteiger partial charge is 0.496 e. The number of rotatable bonds is 3. The second kappa shape index (κ2) is 4.13. The molecule has 0 atom stereocenters. The number of H-pyrrole nitrogens is 1. The van der Waals surface area contributed by atoms with E-state index in [1.54, 1.807) is 13.2 Å². The van der Waals surface area contributed by atoms with Gasteiger partial charge in [0.2, 0.25) is 0 Å². The fourth-order valence-electron chi connectivity index (χ4n) is 1.99. The SMILES string of the molecule is COc1c(C(C)C)ccc2[nH]c(C(=O)O)cc12. The molecule has 0 spiro atoms. The van der Waals surface area contributed by atoms with Crippen molar-refractivity contribution in [2.45, 2.75) is 19.8 Å². The zero-order chi connectivity index (χ0) is 12.6. The van der Waals surface area contributed by atoms with E-state index in [1.807, 2.05) is 12.1 Å². The van der Waals surface area contributed by atoms with E-state index in [2.05, 4.69) is 18.8 Å². The minimum absolute atomic E-state index is 0.180. The summed E-state index contributed by atoms with van der Waals surface area (Å²) in [4.78, 5) is 13.8. The highest BCUT2D eigenvalue weighted by atomic mass is 16.5. The van der Waals surface area contributed by atoms with Crippen LogP contribution >= 0.6 is 0 Å². The second-order valence-electron chi connectivity index (χ2n) is 4.29. The van der Waals surface area contributed by atoms with E-state index in [0.717, 1.165) is 22.2 Å². The topological polar surface area (TPSA) is 62.3 Å². The summed E-state index contributed by atoms with van der Waals surface area (Å²) in [5, 5.41) is 9.77. The van der Waals surface area contributed by atoms with E-state index < -0.39 is 5.97 Å². The molecule has 0 saturated carbocycles. The highest BCUT2D eigenvalue weighted by Crippen LogP contribution is 2.34. The van der Waals surface area contributed by atoms with Crippen LogP contribution in [0.15, 0.2) is 18.2 Å². The van der Waals surface area contributed by atoms with Crippen molar-refractivity contribution in [3.8, 4) is 5.75 Å². The quantitative estimate of drug-likeness (QED) is 0.856. The van der Waals surface area contributed by atoms with Crippen LogP contribution in [0.5, 0.6) is 5.75 Å². The van der Waals surface area contributed by atoms with Gasteiger partial charge in [-0.05, 0) is 23.6 Å². The number of hydrogen-bond acceptors (Lipinski definition) is 2. The van der Waals surface area contributed by atoms with Crippen LogP contribution in [0.3, 0.4) is 0 Å². The molecular formula is C13H15NO3. The number of benzene rings is 1. The molecule has 4 heteroatoms.